The van der Waals surface area contributed by atoms with E-state index in [1.807, 2.05) is 24.4 Å². The first-order chi connectivity index (χ1) is 25.2. The maximum atomic E-state index is 11.5. The number of pyridine rings is 2. The lowest BCUT2D eigenvalue weighted by molar-refractivity contribution is -0.143. The number of anilines is 1. The molecular weight excluding hydrogens is 676 g/mol. The van der Waals surface area contributed by atoms with Crippen LogP contribution in [-0.4, -0.2) is 73.2 Å². The number of aromatic nitrogens is 3. The topological polar surface area (TPSA) is 128 Å². The molecule has 0 amide bonds. The highest BCUT2D eigenvalue weighted by atomic mass is 35.5. The predicted octanol–water partition coefficient (Wildman–Crippen LogP) is 7.19. The number of nitrogens with zero attached hydrogens (tertiary/aromatic N) is 5. The van der Waals surface area contributed by atoms with Crippen LogP contribution in [0.15, 0.2) is 83.6 Å². The number of likely N-dealkylation sites (tertiary alicyclic amines) is 2. The number of hydrogen-bond acceptors (Lipinski definition) is 9. The van der Waals surface area contributed by atoms with E-state index in [1.165, 1.54) is 5.56 Å². The molecule has 10 nitrogen and oxygen atoms in total. The average Bonchev–Trinajstić information content (AvgIpc) is 3.76. The molecular formula is C41H43ClN6O4. The van der Waals surface area contributed by atoms with E-state index in [0.717, 1.165) is 65.8 Å². The molecule has 0 spiro atoms. The minimum absolute atomic E-state index is 0.154. The molecule has 3 aliphatic rings. The smallest absolute Gasteiger partial charge is 0.306 e. The minimum Gasteiger partial charge on any atom is -0.481 e. The summed E-state index contributed by atoms with van der Waals surface area (Å²) >= 11 is 6.93. The van der Waals surface area contributed by atoms with Gasteiger partial charge in [-0.25, -0.2) is 9.97 Å². The highest BCUT2D eigenvalue weighted by Crippen LogP contribution is 2.46. The molecule has 3 aromatic heterocycles. The molecule has 3 N–H and O–H groups in total. The van der Waals surface area contributed by atoms with E-state index in [0.29, 0.717) is 53.8 Å². The van der Waals surface area contributed by atoms with Gasteiger partial charge in [-0.3, -0.25) is 19.6 Å². The SMILES string of the molecule is Cc1ccccc1C1=CC=CC(Nc2nccc3cc(CN4CCC(O)C4)cnc23)(c2nc3cc(CN4CCC(C(=O)O)CC4)cc(Cl)c3o2)[C@H]1C. The van der Waals surface area contributed by atoms with Crippen molar-refractivity contribution in [2.75, 3.05) is 31.5 Å². The van der Waals surface area contributed by atoms with Crippen LogP contribution in [0.1, 0.15) is 54.3 Å². The van der Waals surface area contributed by atoms with Crippen molar-refractivity contribution in [1.29, 1.82) is 0 Å². The van der Waals surface area contributed by atoms with Gasteiger partial charge in [0, 0.05) is 49.9 Å². The lowest BCUT2D eigenvalue weighted by Crippen LogP contribution is -2.42. The maximum absolute atomic E-state index is 11.5. The number of aliphatic carboxylic acids is 1. The second-order valence-electron chi connectivity index (χ2n) is 14.6. The number of β-amino-alcohol motifs (C(OH)–C–C–N with tert-alkyl or cyclic N) is 1. The Balaban J connectivity index is 1.17. The third-order valence-corrected chi connectivity index (χ3v) is 11.4. The Hall–Kier alpha value is -4.61. The average molecular weight is 719 g/mol. The molecule has 2 fully saturated rings. The highest BCUT2D eigenvalue weighted by molar-refractivity contribution is 6.34. The number of aliphatic hydroxyl groups excluding tert-OH is 1. The van der Waals surface area contributed by atoms with Crippen LogP contribution < -0.4 is 5.32 Å². The molecule has 5 aromatic rings. The maximum Gasteiger partial charge on any atom is 0.306 e. The second kappa shape index (κ2) is 14.1. The first-order valence-corrected chi connectivity index (χ1v) is 18.5. The van der Waals surface area contributed by atoms with E-state index >= 15 is 0 Å². The first-order valence-electron chi connectivity index (χ1n) is 18.1. The number of halogens is 1. The summed E-state index contributed by atoms with van der Waals surface area (Å²) in [6, 6.07) is 16.5. The number of aliphatic hydroxyl groups is 1. The number of nitrogens with one attached hydrogen (secondary N) is 1. The fourth-order valence-corrected chi connectivity index (χ4v) is 8.40. The van der Waals surface area contributed by atoms with Crippen molar-refractivity contribution >= 4 is 51.0 Å². The third-order valence-electron chi connectivity index (χ3n) is 11.1. The fraction of sp³-hybridized carbons (Fsp3) is 0.366. The normalized spacial score (nSPS) is 23.0. The lowest BCUT2D eigenvalue weighted by atomic mass is 9.73. The Bertz CT molecular complexity index is 2210. The number of carbonyl (C=O) groups is 1. The molecule has 3 atom stereocenters. The van der Waals surface area contributed by atoms with Crippen molar-refractivity contribution in [3.63, 3.8) is 0 Å². The summed E-state index contributed by atoms with van der Waals surface area (Å²) in [4.78, 5) is 30.9. The Kier molecular flexibility index (Phi) is 9.33. The number of oxazole rings is 1. The highest BCUT2D eigenvalue weighted by Gasteiger charge is 2.45. The summed E-state index contributed by atoms with van der Waals surface area (Å²) in [6.45, 7) is 8.65. The van der Waals surface area contributed by atoms with E-state index in [1.54, 1.807) is 6.20 Å². The molecule has 8 rings (SSSR count). The molecule has 268 valence electrons. The summed E-state index contributed by atoms with van der Waals surface area (Å²) in [5.74, 6) is -0.0757. The van der Waals surface area contributed by atoms with Crippen molar-refractivity contribution in [1.82, 2.24) is 24.8 Å². The summed E-state index contributed by atoms with van der Waals surface area (Å²) in [5, 5.41) is 24.7. The molecule has 0 bridgehead atoms. The molecule has 0 saturated carbocycles. The summed E-state index contributed by atoms with van der Waals surface area (Å²) < 4.78 is 6.66. The Morgan fingerprint density at radius 3 is 2.60 bits per heavy atom. The number of rotatable bonds is 9. The van der Waals surface area contributed by atoms with Crippen LogP contribution in [0.25, 0.3) is 27.6 Å². The number of carboxylic acid groups (broad SMARTS) is 1. The van der Waals surface area contributed by atoms with E-state index in [2.05, 4.69) is 77.5 Å². The molecule has 1 aliphatic carbocycles. The van der Waals surface area contributed by atoms with Gasteiger partial charge in [-0.2, -0.15) is 0 Å². The summed E-state index contributed by atoms with van der Waals surface area (Å²) in [7, 11) is 0. The molecule has 2 saturated heterocycles. The Labute approximate surface area is 307 Å². The summed E-state index contributed by atoms with van der Waals surface area (Å²) in [5.41, 5.74) is 6.49. The zero-order chi connectivity index (χ0) is 36.0. The van der Waals surface area contributed by atoms with E-state index in [4.69, 9.17) is 31.0 Å². The molecule has 52 heavy (non-hydrogen) atoms. The number of hydrogen-bond donors (Lipinski definition) is 3. The van der Waals surface area contributed by atoms with Gasteiger partial charge in [-0.15, -0.1) is 0 Å². The van der Waals surface area contributed by atoms with Crippen LogP contribution in [0.2, 0.25) is 5.02 Å². The largest absolute Gasteiger partial charge is 0.481 e. The summed E-state index contributed by atoms with van der Waals surface area (Å²) in [6.07, 6.45) is 11.8. The van der Waals surface area contributed by atoms with E-state index in [9.17, 15) is 15.0 Å². The molecule has 2 unspecified atom stereocenters. The van der Waals surface area contributed by atoms with Crippen molar-refractivity contribution in [3.05, 3.63) is 112 Å². The number of aryl methyl sites for hydroxylation is 1. The number of allylic oxidation sites excluding steroid dienone is 2. The van der Waals surface area contributed by atoms with Crippen molar-refractivity contribution < 1.29 is 19.4 Å². The molecule has 0 radical (unpaired) electrons. The standard InChI is InChI=1S/C41H43ClN6O4/c1-25-6-3-4-7-32(25)33-8-5-13-41(26(33)2,46-38-36-30(9-14-43-38)18-28(21-44-36)23-48-17-12-31(49)24-48)40-45-35-20-27(19-34(42)37(35)52-40)22-47-15-10-29(11-16-47)39(50)51/h3-9,13-14,18-21,26,29,31,49H,10-12,15-17,22-24H2,1-2H3,(H,43,46)(H,50,51)/t26-,31?,41?/m0/s1. The van der Waals surface area contributed by atoms with Crippen LogP contribution in [0.4, 0.5) is 5.82 Å². The van der Waals surface area contributed by atoms with Crippen molar-refractivity contribution in [2.45, 2.75) is 57.8 Å². The Morgan fingerprint density at radius 2 is 1.83 bits per heavy atom. The van der Waals surface area contributed by atoms with Gasteiger partial charge in [0.15, 0.2) is 11.4 Å². The number of fused-ring (bicyclic) bond motifs is 2. The van der Waals surface area contributed by atoms with Crippen LogP contribution >= 0.6 is 11.6 Å². The lowest BCUT2D eigenvalue weighted by Gasteiger charge is -2.39. The van der Waals surface area contributed by atoms with Gasteiger partial charge in [0.25, 0.3) is 0 Å². The van der Waals surface area contributed by atoms with Crippen LogP contribution in [0.5, 0.6) is 0 Å². The molecule has 2 aromatic carbocycles. The zero-order valence-corrected chi connectivity index (χ0v) is 30.2. The number of piperidine rings is 1. The zero-order valence-electron chi connectivity index (χ0n) is 29.4. The number of benzene rings is 2. The predicted molar refractivity (Wildman–Crippen MR) is 203 cm³/mol. The quantitative estimate of drug-likeness (QED) is 0.144. The molecule has 5 heterocycles. The van der Waals surface area contributed by atoms with Crippen LogP contribution in [0, 0.1) is 18.8 Å². The van der Waals surface area contributed by atoms with Crippen molar-refractivity contribution in [2.24, 2.45) is 11.8 Å². The fourth-order valence-electron chi connectivity index (χ4n) is 8.12. The van der Waals surface area contributed by atoms with Gasteiger partial charge in [0.05, 0.1) is 17.0 Å². The second-order valence-corrected chi connectivity index (χ2v) is 15.0. The van der Waals surface area contributed by atoms with Crippen LogP contribution in [0.3, 0.4) is 0 Å². The monoisotopic (exact) mass is 718 g/mol. The van der Waals surface area contributed by atoms with Gasteiger partial charge in [0.2, 0.25) is 5.89 Å². The third kappa shape index (κ3) is 6.60. The van der Waals surface area contributed by atoms with E-state index in [-0.39, 0.29) is 17.9 Å². The van der Waals surface area contributed by atoms with Crippen molar-refractivity contribution in [3.8, 4) is 0 Å². The molecule has 11 heteroatoms. The van der Waals surface area contributed by atoms with Gasteiger partial charge in [-0.05, 0) is 97.4 Å². The van der Waals surface area contributed by atoms with Crippen LogP contribution in [-0.2, 0) is 23.4 Å². The van der Waals surface area contributed by atoms with Gasteiger partial charge >= 0.3 is 5.97 Å². The molecule has 2 aliphatic heterocycles. The van der Waals surface area contributed by atoms with Gasteiger partial charge in [0.1, 0.15) is 16.6 Å². The van der Waals surface area contributed by atoms with Gasteiger partial charge in [-0.1, -0.05) is 54.9 Å². The minimum atomic E-state index is -0.957. The van der Waals surface area contributed by atoms with E-state index < -0.39 is 11.5 Å². The Morgan fingerprint density at radius 1 is 1.04 bits per heavy atom. The first kappa shape index (κ1) is 34.5. The number of carboxylic acids is 1. The van der Waals surface area contributed by atoms with Gasteiger partial charge < -0.3 is 19.9 Å².